The molecule has 1 nitrogen and oxygen atoms in total. The van der Waals surface area contributed by atoms with Gasteiger partial charge in [0, 0.05) is 25.0 Å². The molecule has 0 aliphatic heterocycles. The summed E-state index contributed by atoms with van der Waals surface area (Å²) in [6.07, 6.45) is 13.3. The molecule has 0 saturated carbocycles. The number of unbranched alkanes of at least 4 members (excludes halogenated alkanes) is 5. The molecular weight excluding hydrogens is 240 g/mol. The number of halogens is 1. The minimum Gasteiger partial charge on any atom is -0.381 e. The van der Waals surface area contributed by atoms with E-state index in [0.29, 0.717) is 0 Å². The zero-order chi connectivity index (χ0) is 10.5. The minimum atomic E-state index is 0.875. The van der Waals surface area contributed by atoms with Crippen LogP contribution in [0.1, 0.15) is 44.9 Å². The fraction of sp³-hybridized carbons (Fsp3) is 0.833. The molecule has 0 saturated heterocycles. The van der Waals surface area contributed by atoms with Crippen molar-refractivity contribution in [2.75, 3.05) is 18.5 Å². The van der Waals surface area contributed by atoms with E-state index in [0.717, 1.165) is 37.8 Å². The van der Waals surface area contributed by atoms with Crippen molar-refractivity contribution in [2.24, 2.45) is 0 Å². The average molecular weight is 261 g/mol. The number of alkyl halides is 1. The summed E-state index contributed by atoms with van der Waals surface area (Å²) in [4.78, 5) is 0. The van der Waals surface area contributed by atoms with E-state index >= 15 is 0 Å². The van der Waals surface area contributed by atoms with Crippen LogP contribution in [0.5, 0.6) is 0 Å². The molecule has 0 N–H and O–H groups in total. The van der Waals surface area contributed by atoms with Crippen LogP contribution in [0.2, 0.25) is 0 Å². The van der Waals surface area contributed by atoms with Gasteiger partial charge in [0.15, 0.2) is 0 Å². The smallest absolute Gasteiger partial charge is 0.0466 e. The first-order valence-corrected chi connectivity index (χ1v) is 6.61. The summed E-state index contributed by atoms with van der Waals surface area (Å²) in [7, 11) is 0. The molecule has 0 amide bonds. The molecule has 0 aromatic rings. The Morgan fingerprint density at radius 2 is 1.57 bits per heavy atom. The number of hydrogen-bond acceptors (Lipinski definition) is 1. The van der Waals surface area contributed by atoms with Gasteiger partial charge < -0.3 is 4.74 Å². The van der Waals surface area contributed by atoms with E-state index in [1.54, 1.807) is 0 Å². The van der Waals surface area contributed by atoms with Crippen LogP contribution in [0, 0.1) is 12.3 Å². The van der Waals surface area contributed by atoms with E-state index in [4.69, 9.17) is 11.2 Å². The maximum absolute atomic E-state index is 5.48. The van der Waals surface area contributed by atoms with Gasteiger partial charge in [0.2, 0.25) is 0 Å². The fourth-order valence-corrected chi connectivity index (χ4v) is 1.58. The Labute approximate surface area is 96.7 Å². The monoisotopic (exact) mass is 260 g/mol. The molecule has 0 bridgehead atoms. The molecule has 0 unspecified atom stereocenters. The molecule has 0 fully saturated rings. The third kappa shape index (κ3) is 12.0. The maximum Gasteiger partial charge on any atom is 0.0466 e. The molecular formula is C12H21BrO. The Bertz CT molecular complexity index is 140. The lowest BCUT2D eigenvalue weighted by Gasteiger charge is -2.02. The lowest BCUT2D eigenvalue weighted by molar-refractivity contribution is 0.126. The first-order chi connectivity index (χ1) is 6.91. The third-order valence-corrected chi connectivity index (χ3v) is 2.59. The molecule has 0 rings (SSSR count). The molecule has 0 heterocycles. The largest absolute Gasteiger partial charge is 0.381 e. The zero-order valence-corrected chi connectivity index (χ0v) is 10.5. The molecule has 0 spiro atoms. The van der Waals surface area contributed by atoms with Crippen molar-refractivity contribution in [3.63, 3.8) is 0 Å². The van der Waals surface area contributed by atoms with Gasteiger partial charge in [0.25, 0.3) is 0 Å². The summed E-state index contributed by atoms with van der Waals surface area (Å²) in [6, 6.07) is 0. The van der Waals surface area contributed by atoms with Crippen LogP contribution in [0.4, 0.5) is 0 Å². The van der Waals surface area contributed by atoms with Gasteiger partial charge in [-0.2, -0.15) is 0 Å². The Morgan fingerprint density at radius 3 is 2.21 bits per heavy atom. The number of hydrogen-bond donors (Lipinski definition) is 0. The molecule has 0 radical (unpaired) electrons. The highest BCUT2D eigenvalue weighted by atomic mass is 79.9. The van der Waals surface area contributed by atoms with E-state index in [1.807, 2.05) is 0 Å². The molecule has 14 heavy (non-hydrogen) atoms. The van der Waals surface area contributed by atoms with Crippen molar-refractivity contribution in [1.29, 1.82) is 0 Å². The first-order valence-electron chi connectivity index (χ1n) is 5.49. The lowest BCUT2D eigenvalue weighted by Crippen LogP contribution is -1.97. The zero-order valence-electron chi connectivity index (χ0n) is 8.93. The van der Waals surface area contributed by atoms with Gasteiger partial charge in [0.05, 0.1) is 0 Å². The summed E-state index contributed by atoms with van der Waals surface area (Å²) in [6.45, 7) is 1.79. The topological polar surface area (TPSA) is 9.23 Å². The lowest BCUT2D eigenvalue weighted by atomic mass is 10.2. The Hall–Kier alpha value is 0. The number of ether oxygens (including phenoxy) is 1. The third-order valence-electron chi connectivity index (χ3n) is 2.03. The van der Waals surface area contributed by atoms with Gasteiger partial charge in [-0.1, -0.05) is 28.8 Å². The van der Waals surface area contributed by atoms with Crippen molar-refractivity contribution in [3.05, 3.63) is 0 Å². The Kier molecular flexibility index (Phi) is 13.0. The molecule has 0 aliphatic carbocycles. The molecule has 0 aromatic heterocycles. The molecule has 2 heteroatoms. The van der Waals surface area contributed by atoms with E-state index in [2.05, 4.69) is 21.9 Å². The van der Waals surface area contributed by atoms with Crippen LogP contribution in [0.3, 0.4) is 0 Å². The van der Waals surface area contributed by atoms with Crippen LogP contribution in [0.25, 0.3) is 0 Å². The fourth-order valence-electron chi connectivity index (χ4n) is 1.19. The van der Waals surface area contributed by atoms with Crippen LogP contribution in [-0.4, -0.2) is 18.5 Å². The van der Waals surface area contributed by atoms with Crippen molar-refractivity contribution >= 4 is 15.9 Å². The molecule has 0 aliphatic rings. The second-order valence-electron chi connectivity index (χ2n) is 3.38. The molecule has 0 aromatic carbocycles. The molecule has 0 atom stereocenters. The van der Waals surface area contributed by atoms with Gasteiger partial charge in [0.1, 0.15) is 0 Å². The summed E-state index contributed by atoms with van der Waals surface area (Å²) < 4.78 is 5.48. The summed E-state index contributed by atoms with van der Waals surface area (Å²) in [5.41, 5.74) is 0. The van der Waals surface area contributed by atoms with Gasteiger partial charge >= 0.3 is 0 Å². The highest BCUT2D eigenvalue weighted by Gasteiger charge is 1.91. The van der Waals surface area contributed by atoms with Gasteiger partial charge in [-0.15, -0.1) is 12.3 Å². The van der Waals surface area contributed by atoms with E-state index in [1.165, 1.54) is 25.7 Å². The SMILES string of the molecule is C#CCCCCOCCCCCCBr. The average Bonchev–Trinajstić information content (AvgIpc) is 2.21. The van der Waals surface area contributed by atoms with E-state index in [9.17, 15) is 0 Å². The van der Waals surface area contributed by atoms with E-state index in [-0.39, 0.29) is 0 Å². The van der Waals surface area contributed by atoms with Crippen molar-refractivity contribution in [3.8, 4) is 12.3 Å². The first kappa shape index (κ1) is 14.0. The van der Waals surface area contributed by atoms with Gasteiger partial charge in [-0.3, -0.25) is 0 Å². The summed E-state index contributed by atoms with van der Waals surface area (Å²) in [5.74, 6) is 2.63. The second kappa shape index (κ2) is 13.0. The van der Waals surface area contributed by atoms with E-state index < -0.39 is 0 Å². The Balaban J connectivity index is 2.82. The predicted molar refractivity (Wildman–Crippen MR) is 65.8 cm³/mol. The highest BCUT2D eigenvalue weighted by Crippen LogP contribution is 2.02. The normalized spacial score (nSPS) is 10.0. The number of rotatable bonds is 10. The minimum absolute atomic E-state index is 0.875. The Morgan fingerprint density at radius 1 is 0.929 bits per heavy atom. The summed E-state index contributed by atoms with van der Waals surface area (Å²) in [5, 5.41) is 1.12. The quantitative estimate of drug-likeness (QED) is 0.330. The van der Waals surface area contributed by atoms with Crippen LogP contribution < -0.4 is 0 Å². The van der Waals surface area contributed by atoms with Gasteiger partial charge in [-0.05, 0) is 25.7 Å². The molecule has 82 valence electrons. The van der Waals surface area contributed by atoms with Gasteiger partial charge in [-0.25, -0.2) is 0 Å². The maximum atomic E-state index is 5.48. The standard InChI is InChI=1S/C12H21BrO/c1-2-3-4-8-11-14-12-9-6-5-7-10-13/h1H,3-12H2. The van der Waals surface area contributed by atoms with Crippen LogP contribution >= 0.6 is 15.9 Å². The van der Waals surface area contributed by atoms with Crippen LogP contribution in [0.15, 0.2) is 0 Å². The number of terminal acetylenes is 1. The van der Waals surface area contributed by atoms with Crippen molar-refractivity contribution < 1.29 is 4.74 Å². The predicted octanol–water partition coefficient (Wildman–Crippen LogP) is 3.76. The highest BCUT2D eigenvalue weighted by molar-refractivity contribution is 9.09. The summed E-state index contributed by atoms with van der Waals surface area (Å²) >= 11 is 3.42. The van der Waals surface area contributed by atoms with Crippen LogP contribution in [-0.2, 0) is 4.74 Å². The second-order valence-corrected chi connectivity index (χ2v) is 4.17. The van der Waals surface area contributed by atoms with Crippen molar-refractivity contribution in [2.45, 2.75) is 44.9 Å². The van der Waals surface area contributed by atoms with Crippen molar-refractivity contribution in [1.82, 2.24) is 0 Å².